The third-order valence-electron chi connectivity index (χ3n) is 4.62. The minimum Gasteiger partial charge on any atom is -0.379 e. The lowest BCUT2D eigenvalue weighted by Gasteiger charge is -2.25. The number of hydrogen-bond donors (Lipinski definition) is 1. The molecule has 0 amide bonds. The number of aromatic nitrogens is 2. The van der Waals surface area contributed by atoms with E-state index in [1.807, 2.05) is 13.8 Å². The Kier molecular flexibility index (Phi) is 5.82. The fourth-order valence-corrected chi connectivity index (χ4v) is 3.14. The largest absolute Gasteiger partial charge is 0.379 e. The molecule has 0 spiro atoms. The smallest absolute Gasteiger partial charge is 0.280 e. The van der Waals surface area contributed by atoms with Gasteiger partial charge in [-0.1, -0.05) is 0 Å². The predicted molar refractivity (Wildman–Crippen MR) is 102 cm³/mol. The Morgan fingerprint density at radius 3 is 2.59 bits per heavy atom. The van der Waals surface area contributed by atoms with Crippen LogP contribution in [0.1, 0.15) is 18.2 Å². The third kappa shape index (κ3) is 4.32. The fourth-order valence-electron chi connectivity index (χ4n) is 3.14. The zero-order valence-corrected chi connectivity index (χ0v) is 15.5. The van der Waals surface area contributed by atoms with E-state index in [9.17, 15) is 14.9 Å². The van der Waals surface area contributed by atoms with E-state index in [4.69, 9.17) is 4.74 Å². The zero-order chi connectivity index (χ0) is 19.4. The van der Waals surface area contributed by atoms with Crippen molar-refractivity contribution >= 4 is 11.4 Å². The number of nitrogens with zero attached hydrogens (tertiary/aromatic N) is 4. The van der Waals surface area contributed by atoms with Crippen molar-refractivity contribution in [3.05, 3.63) is 56.0 Å². The van der Waals surface area contributed by atoms with E-state index in [0.29, 0.717) is 29.2 Å². The summed E-state index contributed by atoms with van der Waals surface area (Å²) in [5, 5.41) is 13.8. The van der Waals surface area contributed by atoms with Crippen LogP contribution in [0.4, 0.5) is 5.69 Å². The Morgan fingerprint density at radius 1 is 1.30 bits per heavy atom. The zero-order valence-electron chi connectivity index (χ0n) is 15.5. The minimum atomic E-state index is -0.469. The summed E-state index contributed by atoms with van der Waals surface area (Å²) in [6.07, 6.45) is 0. The molecule has 2 aromatic rings. The average molecular weight is 373 g/mol. The van der Waals surface area contributed by atoms with Gasteiger partial charge in [-0.05, 0) is 26.0 Å². The first-order valence-corrected chi connectivity index (χ1v) is 8.85. The second-order valence-electron chi connectivity index (χ2n) is 6.45. The first-order chi connectivity index (χ1) is 13.0. The molecule has 1 aromatic heterocycles. The Bertz CT molecular complexity index is 891. The highest BCUT2D eigenvalue weighted by Gasteiger charge is 2.16. The van der Waals surface area contributed by atoms with E-state index in [0.717, 1.165) is 32.8 Å². The molecule has 0 atom stereocenters. The maximum absolute atomic E-state index is 12.8. The highest BCUT2D eigenvalue weighted by Crippen LogP contribution is 2.14. The molecular weight excluding hydrogens is 350 g/mol. The van der Waals surface area contributed by atoms with Gasteiger partial charge in [-0.15, -0.1) is 0 Å². The van der Waals surface area contributed by atoms with Gasteiger partial charge in [-0.3, -0.25) is 29.9 Å². The number of morpholine rings is 1. The number of benzene rings is 1. The van der Waals surface area contributed by atoms with Crippen LogP contribution in [0.25, 0.3) is 5.69 Å². The number of aliphatic imine (C=N–C) groups is 1. The van der Waals surface area contributed by atoms with Crippen molar-refractivity contribution in [1.82, 2.24) is 14.7 Å². The number of ether oxygens (including phenoxy) is 1. The van der Waals surface area contributed by atoms with Crippen LogP contribution >= 0.6 is 0 Å². The maximum Gasteiger partial charge on any atom is 0.280 e. The summed E-state index contributed by atoms with van der Waals surface area (Å²) in [7, 11) is 0. The van der Waals surface area contributed by atoms with Gasteiger partial charge in [-0.2, -0.15) is 0 Å². The highest BCUT2D eigenvalue weighted by molar-refractivity contribution is 5.99. The van der Waals surface area contributed by atoms with Gasteiger partial charge < -0.3 is 4.74 Å². The third-order valence-corrected chi connectivity index (χ3v) is 4.62. The molecule has 1 aliphatic rings. The van der Waals surface area contributed by atoms with Crippen LogP contribution in [0.15, 0.2) is 34.1 Å². The average Bonchev–Trinajstić information content (AvgIpc) is 2.97. The van der Waals surface area contributed by atoms with Gasteiger partial charge in [-0.25, -0.2) is 4.68 Å². The van der Waals surface area contributed by atoms with Gasteiger partial charge >= 0.3 is 0 Å². The molecule has 0 aliphatic carbocycles. The Hall–Kier alpha value is -2.78. The highest BCUT2D eigenvalue weighted by atomic mass is 16.6. The van der Waals surface area contributed by atoms with E-state index in [2.05, 4.69) is 15.0 Å². The SMILES string of the molecule is CC(=NCCN1CCOCC1)c1c(C)[nH]n(-c2ccc([N+](=O)[O-])cc2)c1=O. The van der Waals surface area contributed by atoms with Crippen molar-refractivity contribution in [2.75, 3.05) is 39.4 Å². The number of hydrogen-bond acceptors (Lipinski definition) is 6. The lowest BCUT2D eigenvalue weighted by molar-refractivity contribution is -0.384. The van der Waals surface area contributed by atoms with E-state index in [-0.39, 0.29) is 11.2 Å². The molecule has 1 aliphatic heterocycles. The summed E-state index contributed by atoms with van der Waals surface area (Å²) in [5.74, 6) is 0. The number of nitrogens with one attached hydrogen (secondary N) is 1. The van der Waals surface area contributed by atoms with Gasteiger partial charge in [0.1, 0.15) is 0 Å². The second kappa shape index (κ2) is 8.28. The Morgan fingerprint density at radius 2 is 1.96 bits per heavy atom. The van der Waals surface area contributed by atoms with Crippen molar-refractivity contribution in [2.24, 2.45) is 4.99 Å². The van der Waals surface area contributed by atoms with Crippen molar-refractivity contribution in [2.45, 2.75) is 13.8 Å². The molecule has 0 unspecified atom stereocenters. The summed E-state index contributed by atoms with van der Waals surface area (Å²) < 4.78 is 6.71. The van der Waals surface area contributed by atoms with Crippen LogP contribution < -0.4 is 5.56 Å². The number of non-ortho nitro benzene ring substituents is 1. The number of nitro groups is 1. The monoisotopic (exact) mass is 373 g/mol. The van der Waals surface area contributed by atoms with Gasteiger partial charge in [0.25, 0.3) is 11.2 Å². The quantitative estimate of drug-likeness (QED) is 0.469. The van der Waals surface area contributed by atoms with Gasteiger partial charge in [0.15, 0.2) is 0 Å². The molecule has 9 heteroatoms. The lowest BCUT2D eigenvalue weighted by atomic mass is 10.2. The minimum absolute atomic E-state index is 0.0174. The number of H-pyrrole nitrogens is 1. The Balaban J connectivity index is 1.77. The molecule has 1 N–H and O–H groups in total. The van der Waals surface area contributed by atoms with Gasteiger partial charge in [0.05, 0.1) is 35.9 Å². The summed E-state index contributed by atoms with van der Waals surface area (Å²) in [4.78, 5) is 30.0. The fraction of sp³-hybridized carbons (Fsp3) is 0.444. The lowest BCUT2D eigenvalue weighted by Crippen LogP contribution is -2.37. The van der Waals surface area contributed by atoms with Crippen LogP contribution in [0, 0.1) is 17.0 Å². The molecule has 3 rings (SSSR count). The summed E-state index contributed by atoms with van der Waals surface area (Å²) in [6.45, 7) is 8.42. The maximum atomic E-state index is 12.8. The Labute approximate surface area is 156 Å². The summed E-state index contributed by atoms with van der Waals surface area (Å²) in [6, 6.07) is 5.84. The van der Waals surface area contributed by atoms with Gasteiger partial charge in [0.2, 0.25) is 0 Å². The van der Waals surface area contributed by atoms with E-state index < -0.39 is 4.92 Å². The number of rotatable bonds is 6. The predicted octanol–water partition coefficient (Wildman–Crippen LogP) is 1.52. The van der Waals surface area contributed by atoms with E-state index in [1.54, 1.807) is 12.1 Å². The van der Waals surface area contributed by atoms with Gasteiger partial charge in [0, 0.05) is 43.2 Å². The molecule has 1 fully saturated rings. The molecule has 9 nitrogen and oxygen atoms in total. The first kappa shape index (κ1) is 19.0. The molecule has 0 bridgehead atoms. The standard InChI is InChI=1S/C18H23N5O4/c1-13(19-7-8-21-9-11-27-12-10-21)17-14(2)20-22(18(17)24)15-3-5-16(6-4-15)23(25)26/h3-6,20H,7-12H2,1-2H3. The molecule has 1 saturated heterocycles. The number of nitro benzene ring substituents is 1. The molecular formula is C18H23N5O4. The van der Waals surface area contributed by atoms with Crippen LogP contribution in [-0.2, 0) is 4.74 Å². The molecule has 1 aromatic carbocycles. The number of aromatic amines is 1. The molecule has 27 heavy (non-hydrogen) atoms. The second-order valence-corrected chi connectivity index (χ2v) is 6.45. The molecule has 2 heterocycles. The van der Waals surface area contributed by atoms with Crippen LogP contribution in [0.2, 0.25) is 0 Å². The van der Waals surface area contributed by atoms with Crippen LogP contribution in [0.5, 0.6) is 0 Å². The topological polar surface area (TPSA) is 106 Å². The van der Waals surface area contributed by atoms with Crippen molar-refractivity contribution < 1.29 is 9.66 Å². The molecule has 144 valence electrons. The van der Waals surface area contributed by atoms with Crippen LogP contribution in [0.3, 0.4) is 0 Å². The first-order valence-electron chi connectivity index (χ1n) is 8.85. The van der Waals surface area contributed by atoms with E-state index >= 15 is 0 Å². The number of aryl methyl sites for hydroxylation is 1. The van der Waals surface area contributed by atoms with E-state index in [1.165, 1.54) is 16.8 Å². The van der Waals surface area contributed by atoms with Crippen molar-refractivity contribution in [3.8, 4) is 5.69 Å². The van der Waals surface area contributed by atoms with Crippen molar-refractivity contribution in [3.63, 3.8) is 0 Å². The van der Waals surface area contributed by atoms with Crippen LogP contribution in [-0.4, -0.2) is 64.7 Å². The summed E-state index contributed by atoms with van der Waals surface area (Å²) in [5.41, 5.74) is 2.25. The molecule has 0 saturated carbocycles. The van der Waals surface area contributed by atoms with Crippen molar-refractivity contribution in [1.29, 1.82) is 0 Å². The molecule has 0 radical (unpaired) electrons. The normalized spacial score (nSPS) is 15.9. The summed E-state index contributed by atoms with van der Waals surface area (Å²) >= 11 is 0.